The number of hydrogen-bond acceptors (Lipinski definition) is 4. The highest BCUT2D eigenvalue weighted by Gasteiger charge is 2.48. The summed E-state index contributed by atoms with van der Waals surface area (Å²) in [6.45, 7) is 1.41. The second-order valence-electron chi connectivity index (χ2n) is 5.14. The van der Waals surface area contributed by atoms with Crippen LogP contribution in [0.4, 0.5) is 11.4 Å². The summed E-state index contributed by atoms with van der Waals surface area (Å²) in [5, 5.41) is 17.2. The van der Waals surface area contributed by atoms with E-state index in [0.29, 0.717) is 24.2 Å². The van der Waals surface area contributed by atoms with Gasteiger partial charge in [0.25, 0.3) is 0 Å². The first-order valence-electron chi connectivity index (χ1n) is 6.65. The fraction of sp³-hybridized carbons (Fsp3) is 0.357. The number of rotatable bonds is 4. The lowest BCUT2D eigenvalue weighted by atomic mass is 9.67. The van der Waals surface area contributed by atoms with Gasteiger partial charge in [-0.1, -0.05) is 17.6 Å². The van der Waals surface area contributed by atoms with Crippen molar-refractivity contribution < 1.29 is 14.8 Å². The van der Waals surface area contributed by atoms with Gasteiger partial charge in [-0.25, -0.2) is 0 Å². The SMILES string of the molecule is CC(=O)Nc1cccc(NC(=O)C2(/C(N)=N/O)CCC2)c1. The minimum absolute atomic E-state index is 0.0655. The Morgan fingerprint density at radius 2 is 1.90 bits per heavy atom. The van der Waals surface area contributed by atoms with Gasteiger partial charge < -0.3 is 21.6 Å². The third-order valence-corrected chi connectivity index (χ3v) is 3.68. The maximum absolute atomic E-state index is 12.4. The first kappa shape index (κ1) is 14.8. The Kier molecular flexibility index (Phi) is 4.11. The van der Waals surface area contributed by atoms with Crippen molar-refractivity contribution >= 4 is 29.0 Å². The molecule has 0 saturated heterocycles. The van der Waals surface area contributed by atoms with Gasteiger partial charge in [-0.3, -0.25) is 9.59 Å². The lowest BCUT2D eigenvalue weighted by Crippen LogP contribution is -2.51. The molecule has 0 aliphatic heterocycles. The van der Waals surface area contributed by atoms with E-state index in [4.69, 9.17) is 10.9 Å². The Balaban J connectivity index is 2.14. The van der Waals surface area contributed by atoms with Gasteiger partial charge in [0.2, 0.25) is 11.8 Å². The Labute approximate surface area is 122 Å². The van der Waals surface area contributed by atoms with Crippen molar-refractivity contribution in [2.45, 2.75) is 26.2 Å². The zero-order valence-electron chi connectivity index (χ0n) is 11.7. The predicted octanol–water partition coefficient (Wildman–Crippen LogP) is 1.50. The van der Waals surface area contributed by atoms with Gasteiger partial charge in [0, 0.05) is 18.3 Å². The van der Waals surface area contributed by atoms with Crippen LogP contribution in [0.3, 0.4) is 0 Å². The molecule has 1 saturated carbocycles. The average molecular weight is 290 g/mol. The number of benzene rings is 1. The predicted molar refractivity (Wildman–Crippen MR) is 79.1 cm³/mol. The lowest BCUT2D eigenvalue weighted by molar-refractivity contribution is -0.125. The molecule has 1 aliphatic carbocycles. The fourth-order valence-corrected chi connectivity index (χ4v) is 2.35. The summed E-state index contributed by atoms with van der Waals surface area (Å²) in [4.78, 5) is 23.4. The molecule has 7 heteroatoms. The molecule has 1 aliphatic rings. The summed E-state index contributed by atoms with van der Waals surface area (Å²) in [6.07, 6.45) is 1.97. The van der Waals surface area contributed by atoms with Gasteiger partial charge in [-0.05, 0) is 31.0 Å². The van der Waals surface area contributed by atoms with Gasteiger partial charge in [0.1, 0.15) is 5.41 Å². The molecular formula is C14H18N4O3. The minimum atomic E-state index is -0.932. The van der Waals surface area contributed by atoms with Crippen LogP contribution in [0.25, 0.3) is 0 Å². The van der Waals surface area contributed by atoms with Crippen molar-refractivity contribution in [2.75, 3.05) is 10.6 Å². The molecule has 1 fully saturated rings. The van der Waals surface area contributed by atoms with Crippen LogP contribution in [0.2, 0.25) is 0 Å². The van der Waals surface area contributed by atoms with Crippen LogP contribution >= 0.6 is 0 Å². The number of oxime groups is 1. The number of nitrogens with zero attached hydrogens (tertiary/aromatic N) is 1. The molecule has 0 aromatic heterocycles. The highest BCUT2D eigenvalue weighted by molar-refractivity contribution is 6.12. The van der Waals surface area contributed by atoms with E-state index >= 15 is 0 Å². The molecule has 0 unspecified atom stereocenters. The molecule has 0 radical (unpaired) electrons. The van der Waals surface area contributed by atoms with Crippen LogP contribution in [-0.2, 0) is 9.59 Å². The summed E-state index contributed by atoms with van der Waals surface area (Å²) in [7, 11) is 0. The zero-order chi connectivity index (χ0) is 15.5. The van der Waals surface area contributed by atoms with E-state index in [-0.39, 0.29) is 17.6 Å². The molecule has 2 rings (SSSR count). The smallest absolute Gasteiger partial charge is 0.238 e. The van der Waals surface area contributed by atoms with E-state index in [1.54, 1.807) is 24.3 Å². The highest BCUT2D eigenvalue weighted by Crippen LogP contribution is 2.42. The van der Waals surface area contributed by atoms with Crippen molar-refractivity contribution in [3.63, 3.8) is 0 Å². The molecule has 0 atom stereocenters. The summed E-state index contributed by atoms with van der Waals surface area (Å²) in [6, 6.07) is 6.80. The van der Waals surface area contributed by atoms with Crippen LogP contribution in [0.5, 0.6) is 0 Å². The standard InChI is InChI=1S/C14H18N4O3/c1-9(19)16-10-4-2-5-11(8-10)17-13(20)14(6-3-7-14)12(15)18-21/h2,4-5,8,21H,3,6-7H2,1H3,(H2,15,18)(H,16,19)(H,17,20). The molecule has 0 spiro atoms. The largest absolute Gasteiger partial charge is 0.409 e. The van der Waals surface area contributed by atoms with E-state index in [1.807, 2.05) is 0 Å². The van der Waals surface area contributed by atoms with Crippen LogP contribution < -0.4 is 16.4 Å². The number of anilines is 2. The Morgan fingerprint density at radius 3 is 2.38 bits per heavy atom. The number of carbonyl (C=O) groups excluding carboxylic acids is 2. The number of carbonyl (C=O) groups is 2. The van der Waals surface area contributed by atoms with Crippen molar-refractivity contribution in [1.82, 2.24) is 0 Å². The summed E-state index contributed by atoms with van der Waals surface area (Å²) >= 11 is 0. The maximum Gasteiger partial charge on any atom is 0.238 e. The second kappa shape index (κ2) is 5.82. The molecule has 2 amide bonds. The quantitative estimate of drug-likeness (QED) is 0.291. The number of amides is 2. The van der Waals surface area contributed by atoms with Crippen molar-refractivity contribution in [2.24, 2.45) is 16.3 Å². The second-order valence-corrected chi connectivity index (χ2v) is 5.14. The van der Waals surface area contributed by atoms with Crippen molar-refractivity contribution in [1.29, 1.82) is 0 Å². The summed E-state index contributed by atoms with van der Waals surface area (Å²) in [5.41, 5.74) is 5.85. The first-order valence-corrected chi connectivity index (χ1v) is 6.65. The van der Waals surface area contributed by atoms with Gasteiger partial charge >= 0.3 is 0 Å². The number of amidine groups is 1. The monoisotopic (exact) mass is 290 g/mol. The topological polar surface area (TPSA) is 117 Å². The number of hydrogen-bond donors (Lipinski definition) is 4. The minimum Gasteiger partial charge on any atom is -0.409 e. The van der Waals surface area contributed by atoms with E-state index in [1.165, 1.54) is 6.92 Å². The number of nitrogens with two attached hydrogens (primary N) is 1. The van der Waals surface area contributed by atoms with E-state index in [0.717, 1.165) is 6.42 Å². The molecule has 1 aromatic carbocycles. The fourth-order valence-electron chi connectivity index (χ4n) is 2.35. The van der Waals surface area contributed by atoms with Gasteiger partial charge in [-0.2, -0.15) is 0 Å². The van der Waals surface area contributed by atoms with E-state index < -0.39 is 5.41 Å². The molecular weight excluding hydrogens is 272 g/mol. The molecule has 5 N–H and O–H groups in total. The van der Waals surface area contributed by atoms with Gasteiger partial charge in [-0.15, -0.1) is 0 Å². The van der Waals surface area contributed by atoms with Crippen LogP contribution in [0.15, 0.2) is 29.4 Å². The zero-order valence-corrected chi connectivity index (χ0v) is 11.7. The molecule has 7 nitrogen and oxygen atoms in total. The Hall–Kier alpha value is -2.57. The first-order chi connectivity index (χ1) is 9.98. The lowest BCUT2D eigenvalue weighted by Gasteiger charge is -2.38. The van der Waals surface area contributed by atoms with E-state index in [2.05, 4.69) is 15.8 Å². The Bertz CT molecular complexity index is 594. The molecule has 0 heterocycles. The van der Waals surface area contributed by atoms with Gasteiger partial charge in [0.15, 0.2) is 5.84 Å². The van der Waals surface area contributed by atoms with Gasteiger partial charge in [0.05, 0.1) is 0 Å². The molecule has 112 valence electrons. The maximum atomic E-state index is 12.4. The Morgan fingerprint density at radius 1 is 1.29 bits per heavy atom. The molecule has 0 bridgehead atoms. The van der Waals surface area contributed by atoms with Crippen LogP contribution in [0, 0.1) is 5.41 Å². The summed E-state index contributed by atoms with van der Waals surface area (Å²) in [5.74, 6) is -0.557. The average Bonchev–Trinajstić information content (AvgIpc) is 2.36. The van der Waals surface area contributed by atoms with Crippen LogP contribution in [0.1, 0.15) is 26.2 Å². The van der Waals surface area contributed by atoms with Crippen molar-refractivity contribution in [3.05, 3.63) is 24.3 Å². The van der Waals surface area contributed by atoms with E-state index in [9.17, 15) is 9.59 Å². The highest BCUT2D eigenvalue weighted by atomic mass is 16.4. The van der Waals surface area contributed by atoms with Crippen molar-refractivity contribution in [3.8, 4) is 0 Å². The number of nitrogens with one attached hydrogen (secondary N) is 2. The molecule has 21 heavy (non-hydrogen) atoms. The summed E-state index contributed by atoms with van der Waals surface area (Å²) < 4.78 is 0. The normalized spacial score (nSPS) is 16.7. The third-order valence-electron chi connectivity index (χ3n) is 3.68. The van der Waals surface area contributed by atoms with Crippen LogP contribution in [-0.4, -0.2) is 22.9 Å². The molecule has 1 aromatic rings. The third kappa shape index (κ3) is 2.96.